The number of nitrogens with zero attached hydrogens (tertiary/aromatic N) is 3. The highest BCUT2D eigenvalue weighted by Crippen LogP contribution is 2.34. The molecule has 10 heteroatoms. The molecule has 1 aliphatic carbocycles. The summed E-state index contributed by atoms with van der Waals surface area (Å²) in [6.45, 7) is 0. The van der Waals surface area contributed by atoms with E-state index in [1.54, 1.807) is 6.07 Å². The first-order chi connectivity index (χ1) is 14.7. The van der Waals surface area contributed by atoms with Crippen LogP contribution in [0.5, 0.6) is 0 Å². The summed E-state index contributed by atoms with van der Waals surface area (Å²) in [5.74, 6) is -0.734. The Morgan fingerprint density at radius 3 is 2.58 bits per heavy atom. The molecule has 4 rings (SSSR count). The predicted octanol–water partition coefficient (Wildman–Crippen LogP) is 4.07. The van der Waals surface area contributed by atoms with E-state index in [4.69, 9.17) is 5.73 Å². The van der Waals surface area contributed by atoms with Gasteiger partial charge in [-0.2, -0.15) is 18.3 Å². The van der Waals surface area contributed by atoms with Crippen LogP contribution in [0.25, 0.3) is 16.6 Å². The number of terminal acetylenes is 1. The Balaban J connectivity index is 0.00000132. The van der Waals surface area contributed by atoms with Gasteiger partial charge in [0.15, 0.2) is 0 Å². The summed E-state index contributed by atoms with van der Waals surface area (Å²) in [4.78, 5) is 15.2. The molecular weight excluding hydrogens is 414 g/mol. The van der Waals surface area contributed by atoms with Gasteiger partial charge in [-0.1, -0.05) is 0 Å². The number of anilines is 1. The third-order valence-electron chi connectivity index (χ3n) is 5.05. The van der Waals surface area contributed by atoms with Crippen LogP contribution in [0.1, 0.15) is 35.3 Å². The molecule has 2 atom stereocenters. The minimum absolute atomic E-state index is 0.0898. The molecule has 1 fully saturated rings. The number of hydrogen-bond donors (Lipinski definition) is 2. The highest BCUT2D eigenvalue weighted by molar-refractivity contribution is 6.02. The highest BCUT2D eigenvalue weighted by Gasteiger charge is 2.33. The van der Waals surface area contributed by atoms with Crippen LogP contribution in [0.2, 0.25) is 0 Å². The van der Waals surface area contributed by atoms with Crippen molar-refractivity contribution in [3.63, 3.8) is 0 Å². The third-order valence-corrected chi connectivity index (χ3v) is 5.05. The second-order valence-electron chi connectivity index (χ2n) is 6.98. The van der Waals surface area contributed by atoms with E-state index in [0.29, 0.717) is 29.6 Å². The van der Waals surface area contributed by atoms with Gasteiger partial charge in [-0.15, -0.1) is 12.8 Å². The first-order valence-corrected chi connectivity index (χ1v) is 9.33. The second kappa shape index (κ2) is 8.63. The lowest BCUT2D eigenvalue weighted by atomic mass is 10.1. The summed E-state index contributed by atoms with van der Waals surface area (Å²) in [6, 6.07) is 3.49. The molecule has 0 radical (unpaired) electrons. The largest absolute Gasteiger partial charge is 0.433 e. The van der Waals surface area contributed by atoms with E-state index >= 15 is 0 Å². The summed E-state index contributed by atoms with van der Waals surface area (Å²) < 4.78 is 54.5. The van der Waals surface area contributed by atoms with Crippen molar-refractivity contribution in [3.8, 4) is 24.0 Å². The predicted molar refractivity (Wildman–Crippen MR) is 108 cm³/mol. The Labute approximate surface area is 175 Å². The highest BCUT2D eigenvalue weighted by atomic mass is 19.4. The smallest absolute Gasteiger partial charge is 0.377 e. The molecule has 1 amide bonds. The minimum Gasteiger partial charge on any atom is -0.377 e. The van der Waals surface area contributed by atoms with E-state index in [1.807, 2.05) is 0 Å². The number of alkyl halides is 4. The number of aromatic nitrogens is 3. The van der Waals surface area contributed by atoms with Crippen LogP contribution in [-0.4, -0.2) is 32.7 Å². The maximum atomic E-state index is 14.1. The Kier molecular flexibility index (Phi) is 6.15. The molecule has 3 heterocycles. The van der Waals surface area contributed by atoms with Crippen LogP contribution in [0, 0.1) is 12.8 Å². The van der Waals surface area contributed by atoms with Crippen molar-refractivity contribution in [1.29, 1.82) is 0 Å². The van der Waals surface area contributed by atoms with Gasteiger partial charge >= 0.3 is 6.18 Å². The molecule has 3 aromatic heterocycles. The van der Waals surface area contributed by atoms with Gasteiger partial charge in [0.2, 0.25) is 0 Å². The fraction of sp³-hybridized carbons (Fsp3) is 0.286. The molecule has 31 heavy (non-hydrogen) atoms. The van der Waals surface area contributed by atoms with Crippen LogP contribution in [0.4, 0.5) is 23.2 Å². The van der Waals surface area contributed by atoms with Crippen molar-refractivity contribution < 1.29 is 22.4 Å². The van der Waals surface area contributed by atoms with Crippen LogP contribution >= 0.6 is 0 Å². The lowest BCUT2D eigenvalue weighted by Gasteiger charge is -2.19. The molecule has 3 N–H and O–H groups in total. The number of halogens is 4. The van der Waals surface area contributed by atoms with Crippen molar-refractivity contribution >= 4 is 17.1 Å². The number of nitrogens with one attached hydrogen (secondary N) is 1. The average molecular weight is 433 g/mol. The van der Waals surface area contributed by atoms with Crippen molar-refractivity contribution in [2.45, 2.75) is 37.7 Å². The molecule has 0 bridgehead atoms. The number of fused-ring (bicyclic) bond motifs is 1. The molecule has 0 aliphatic heterocycles. The molecule has 162 valence electrons. The number of pyridine rings is 1. The first kappa shape index (κ1) is 22.1. The van der Waals surface area contributed by atoms with Crippen LogP contribution in [-0.2, 0) is 6.18 Å². The van der Waals surface area contributed by atoms with Crippen molar-refractivity contribution in [2.24, 2.45) is 5.73 Å². The van der Waals surface area contributed by atoms with E-state index < -0.39 is 30.0 Å². The third kappa shape index (κ3) is 4.45. The molecule has 0 spiro atoms. The zero-order valence-corrected chi connectivity index (χ0v) is 16.2. The van der Waals surface area contributed by atoms with E-state index in [9.17, 15) is 22.4 Å². The van der Waals surface area contributed by atoms with Gasteiger partial charge in [0.25, 0.3) is 5.91 Å². The zero-order chi connectivity index (χ0) is 22.8. The number of amides is 1. The van der Waals surface area contributed by atoms with Gasteiger partial charge in [-0.25, -0.2) is 8.91 Å². The topological polar surface area (TPSA) is 85.3 Å². The van der Waals surface area contributed by atoms with Gasteiger partial charge in [-0.3, -0.25) is 9.78 Å². The minimum atomic E-state index is -4.57. The summed E-state index contributed by atoms with van der Waals surface area (Å²) in [5, 5.41) is 7.17. The number of nitrogens with two attached hydrogens (primary N) is 1. The SMILES string of the molecule is C#C.NC(=O)c1cnn2cc(-c3ccnc(C(F)(F)F)c3)cc2c1N[C@@H]1CCC[C@@H]1F. The number of hydrogen-bond acceptors (Lipinski definition) is 4. The number of rotatable bonds is 4. The lowest BCUT2D eigenvalue weighted by molar-refractivity contribution is -0.141. The Morgan fingerprint density at radius 1 is 1.23 bits per heavy atom. The fourth-order valence-electron chi connectivity index (χ4n) is 3.58. The quantitative estimate of drug-likeness (QED) is 0.480. The van der Waals surface area contributed by atoms with E-state index in [0.717, 1.165) is 18.7 Å². The van der Waals surface area contributed by atoms with Crippen molar-refractivity contribution in [1.82, 2.24) is 14.6 Å². The van der Waals surface area contributed by atoms with Crippen LogP contribution < -0.4 is 11.1 Å². The number of carbonyl (C=O) groups excluding carboxylic acids is 1. The fourth-order valence-corrected chi connectivity index (χ4v) is 3.58. The Morgan fingerprint density at radius 2 is 1.97 bits per heavy atom. The first-order valence-electron chi connectivity index (χ1n) is 9.33. The summed E-state index contributed by atoms with van der Waals surface area (Å²) in [6.07, 6.45) is 7.98. The van der Waals surface area contributed by atoms with Gasteiger partial charge < -0.3 is 11.1 Å². The Hall–Kier alpha value is -3.61. The normalized spacial score (nSPS) is 18.4. The number of primary amides is 1. The van der Waals surface area contributed by atoms with E-state index in [1.165, 1.54) is 23.0 Å². The van der Waals surface area contributed by atoms with E-state index in [-0.39, 0.29) is 11.1 Å². The molecule has 6 nitrogen and oxygen atoms in total. The molecule has 1 aliphatic rings. The maximum absolute atomic E-state index is 14.1. The van der Waals surface area contributed by atoms with Crippen LogP contribution in [0.3, 0.4) is 0 Å². The number of carbonyl (C=O) groups is 1. The Bertz CT molecular complexity index is 1120. The summed E-state index contributed by atoms with van der Waals surface area (Å²) in [7, 11) is 0. The second-order valence-corrected chi connectivity index (χ2v) is 6.98. The molecule has 0 aromatic carbocycles. The molecule has 3 aromatic rings. The summed E-state index contributed by atoms with van der Waals surface area (Å²) >= 11 is 0. The zero-order valence-electron chi connectivity index (χ0n) is 16.2. The van der Waals surface area contributed by atoms with Gasteiger partial charge in [0.05, 0.1) is 29.0 Å². The molecule has 0 unspecified atom stereocenters. The van der Waals surface area contributed by atoms with E-state index in [2.05, 4.69) is 28.2 Å². The van der Waals surface area contributed by atoms with Crippen molar-refractivity contribution in [3.05, 3.63) is 48.0 Å². The molecule has 1 saturated carbocycles. The molecular formula is C21H19F4N5O. The van der Waals surface area contributed by atoms with Gasteiger partial charge in [0.1, 0.15) is 11.9 Å². The average Bonchev–Trinajstić information content (AvgIpc) is 3.35. The molecule has 0 saturated heterocycles. The monoisotopic (exact) mass is 433 g/mol. The standard InChI is InChI=1S/C19H17F4N5O.C2H2/c20-13-2-1-3-14(13)27-17-12(18(24)29)8-26-28-9-11(6-15(17)28)10-4-5-25-16(7-10)19(21,22)23;1-2/h4-9,13-14,27H,1-3H2,(H2,24,29);1-2H/t13-,14+;/m0./s1. The van der Waals surface area contributed by atoms with Crippen LogP contribution in [0.15, 0.2) is 36.8 Å². The summed E-state index contributed by atoms with van der Waals surface area (Å²) in [5.41, 5.74) is 5.99. The maximum Gasteiger partial charge on any atom is 0.433 e. The van der Waals surface area contributed by atoms with Gasteiger partial charge in [-0.05, 0) is 43.0 Å². The van der Waals surface area contributed by atoms with Gasteiger partial charge in [0, 0.05) is 18.0 Å². The lowest BCUT2D eigenvalue weighted by Crippen LogP contribution is -2.27. The van der Waals surface area contributed by atoms with Crippen molar-refractivity contribution in [2.75, 3.05) is 5.32 Å².